The molecule has 0 spiro atoms. The third kappa shape index (κ3) is 11.2. The molecule has 24 heteroatoms. The second-order valence-corrected chi connectivity index (χ2v) is 47.4. The standard InChI is InChI=1S/C53H63N3O7S14/c1-46(2)21-22(47(3,4)56(46)63)42(57)54-17-19-64-65-20-18-55-43(58)27-36-30(66-48(5,6)72-36)24(31-37(27)73-49(7,8)67-31)23(25-32-38(74-50(9,10)68-32)28(44(59)60)39-33(25)69-51(11,12)75-39)26-34-40(76-52(13,14)70-34)29(45(61)62)41-35(26)71-53(15,16)77-41/h22H,17-21H2,1-16H3,(H,54,57)(H,55,58)(H,59,60)(H,61,62). The van der Waals surface area contributed by atoms with Crippen LogP contribution in [-0.2, 0) is 10.0 Å². The highest BCUT2D eigenvalue weighted by Gasteiger charge is 2.56. The molecule has 77 heavy (non-hydrogen) atoms. The number of hydrogen-bond acceptors (Lipinski definition) is 19. The predicted molar refractivity (Wildman–Crippen MR) is 338 cm³/mol. The molecule has 0 saturated carbocycles. The van der Waals surface area contributed by atoms with Crippen LogP contribution >= 0.6 is 163 Å². The van der Waals surface area contributed by atoms with Crippen molar-refractivity contribution in [1.29, 1.82) is 0 Å². The Morgan fingerprint density at radius 2 is 0.701 bits per heavy atom. The Morgan fingerprint density at radius 3 is 0.961 bits per heavy atom. The fraction of sp³-hybridized carbons (Fsp3) is 0.566. The lowest BCUT2D eigenvalue weighted by Crippen LogP contribution is -2.49. The molecule has 10 rings (SSSR count). The Hall–Kier alpha value is 0.360. The first-order valence-electron chi connectivity index (χ1n) is 25.1. The molecule has 7 aliphatic heterocycles. The van der Waals surface area contributed by atoms with Crippen molar-refractivity contribution in [1.82, 2.24) is 15.7 Å². The highest BCUT2D eigenvalue weighted by molar-refractivity contribution is 8.76. The topological polar surface area (TPSA) is 156 Å². The Bertz CT molecular complexity index is 2850. The molecule has 2 radical (unpaired) electrons. The van der Waals surface area contributed by atoms with E-state index in [1.165, 1.54) is 0 Å². The highest BCUT2D eigenvalue weighted by atomic mass is 33.1. The average Bonchev–Trinajstić information content (AvgIpc) is 4.34. The van der Waals surface area contributed by atoms with E-state index in [1.54, 1.807) is 163 Å². The van der Waals surface area contributed by atoms with Crippen molar-refractivity contribution in [2.45, 2.75) is 211 Å². The van der Waals surface area contributed by atoms with Crippen molar-refractivity contribution in [3.05, 3.63) is 39.3 Å². The van der Waals surface area contributed by atoms with Crippen LogP contribution in [0.25, 0.3) is 0 Å². The second-order valence-electron chi connectivity index (χ2n) is 23.5. The van der Waals surface area contributed by atoms with Gasteiger partial charge >= 0.3 is 11.9 Å². The Morgan fingerprint density at radius 1 is 0.442 bits per heavy atom. The lowest BCUT2D eigenvalue weighted by atomic mass is 9.83. The number of carboxylic acid groups (broad SMARTS) is 2. The summed E-state index contributed by atoms with van der Waals surface area (Å²) < 4.78 is -2.33. The Labute approximate surface area is 512 Å². The molecular weight excluding hydrogens is 1240 g/mol. The molecule has 7 heterocycles. The predicted octanol–water partition coefficient (Wildman–Crippen LogP) is 17.2. The quantitative estimate of drug-likeness (QED) is 0.0686. The minimum Gasteiger partial charge on any atom is -0.478 e. The van der Waals surface area contributed by atoms with Gasteiger partial charge in [-0.15, -0.1) is 151 Å². The van der Waals surface area contributed by atoms with Crippen molar-refractivity contribution in [3.8, 4) is 0 Å². The summed E-state index contributed by atoms with van der Waals surface area (Å²) in [6.45, 7) is 34.6. The molecular formula is C53H63N3O7S14. The molecule has 1 fully saturated rings. The number of amides is 2. The average molecular weight is 1300 g/mol. The summed E-state index contributed by atoms with van der Waals surface area (Å²) in [6.07, 6.45) is 0.508. The van der Waals surface area contributed by atoms with E-state index in [4.69, 9.17) is 0 Å². The molecule has 1 atom stereocenters. The van der Waals surface area contributed by atoms with E-state index in [-0.39, 0.29) is 25.9 Å². The zero-order valence-electron chi connectivity index (χ0n) is 45.7. The molecule has 7 aliphatic rings. The third-order valence-corrected chi connectivity index (χ3v) is 33.0. The van der Waals surface area contributed by atoms with Gasteiger partial charge in [-0.1, -0.05) is 21.6 Å². The van der Waals surface area contributed by atoms with Gasteiger partial charge in [0.2, 0.25) is 5.91 Å². The maximum atomic E-state index is 15.2. The number of rotatable bonds is 14. The van der Waals surface area contributed by atoms with Crippen LogP contribution in [0.2, 0.25) is 0 Å². The Balaban J connectivity index is 1.10. The molecule has 1 unspecified atom stereocenters. The van der Waals surface area contributed by atoms with Gasteiger partial charge in [0.1, 0.15) is 0 Å². The smallest absolute Gasteiger partial charge is 0.338 e. The summed E-state index contributed by atoms with van der Waals surface area (Å²) in [7, 11) is 3.30. The molecule has 0 aromatic heterocycles. The van der Waals surface area contributed by atoms with Crippen LogP contribution in [0, 0.1) is 11.8 Å². The zero-order chi connectivity index (χ0) is 56.3. The third-order valence-electron chi connectivity index (χ3n) is 13.5. The number of carboxylic acids is 2. The van der Waals surface area contributed by atoms with Crippen LogP contribution in [0.3, 0.4) is 0 Å². The van der Waals surface area contributed by atoms with Crippen molar-refractivity contribution >= 4 is 186 Å². The van der Waals surface area contributed by atoms with E-state index in [1.807, 2.05) is 27.7 Å². The monoisotopic (exact) mass is 1300 g/mol. The molecule has 0 aliphatic carbocycles. The van der Waals surface area contributed by atoms with Gasteiger partial charge in [0, 0.05) is 88.9 Å². The van der Waals surface area contributed by atoms with E-state index in [0.29, 0.717) is 47.7 Å². The van der Waals surface area contributed by atoms with Crippen molar-refractivity contribution in [2.24, 2.45) is 5.92 Å². The van der Waals surface area contributed by atoms with Crippen LogP contribution in [0.1, 0.15) is 165 Å². The molecule has 416 valence electrons. The molecule has 4 N–H and O–H groups in total. The lowest BCUT2D eigenvalue weighted by molar-refractivity contribution is -0.247. The number of carbonyl (C=O) groups is 4. The van der Waals surface area contributed by atoms with Crippen LogP contribution in [-0.4, -0.2) is 99.2 Å². The maximum absolute atomic E-state index is 15.2. The summed E-state index contributed by atoms with van der Waals surface area (Å²) in [6, 6.07) is 0. The number of nitrogens with zero attached hydrogens (tertiary/aromatic N) is 1. The number of nitrogens with one attached hydrogen (secondary N) is 2. The molecule has 1 saturated heterocycles. The van der Waals surface area contributed by atoms with Gasteiger partial charge in [0.05, 0.1) is 58.5 Å². The largest absolute Gasteiger partial charge is 0.478 e. The lowest BCUT2D eigenvalue weighted by Gasteiger charge is -2.33. The summed E-state index contributed by atoms with van der Waals surface area (Å²) >= 11 is 20.4. The molecule has 10 nitrogen and oxygen atoms in total. The van der Waals surface area contributed by atoms with E-state index in [9.17, 15) is 29.8 Å². The van der Waals surface area contributed by atoms with Crippen molar-refractivity contribution in [2.75, 3.05) is 24.6 Å². The minimum absolute atomic E-state index is 0.0892. The van der Waals surface area contributed by atoms with E-state index in [0.717, 1.165) is 86.4 Å². The fourth-order valence-electron chi connectivity index (χ4n) is 10.8. The number of thioether (sulfide) groups is 12. The van der Waals surface area contributed by atoms with Gasteiger partial charge in [-0.25, -0.2) is 9.59 Å². The first-order valence-corrected chi connectivity index (χ1v) is 37.4. The highest BCUT2D eigenvalue weighted by Crippen LogP contribution is 2.74. The minimum atomic E-state index is -0.941. The van der Waals surface area contributed by atoms with Gasteiger partial charge < -0.3 is 20.8 Å². The van der Waals surface area contributed by atoms with Crippen LogP contribution in [0.15, 0.2) is 58.7 Å². The van der Waals surface area contributed by atoms with E-state index >= 15 is 4.79 Å². The van der Waals surface area contributed by atoms with Crippen molar-refractivity contribution < 1.29 is 34.6 Å². The van der Waals surface area contributed by atoms with Gasteiger partial charge in [-0.3, -0.25) is 9.59 Å². The first kappa shape index (κ1) is 60.5. The van der Waals surface area contributed by atoms with E-state index < -0.39 is 39.3 Å². The van der Waals surface area contributed by atoms with Gasteiger partial charge in [-0.2, -0.15) is 0 Å². The molecule has 2 amide bonds. The summed E-state index contributed by atoms with van der Waals surface area (Å²) in [5.74, 6) is -0.155. The number of hydroxylamine groups is 2. The number of hydrogen-bond donors (Lipinski definition) is 4. The van der Waals surface area contributed by atoms with Gasteiger partial charge in [-0.05, 0) is 134 Å². The number of carbonyl (C=O) groups excluding carboxylic acids is 2. The summed E-state index contributed by atoms with van der Waals surface area (Å²) in [5.41, 5.74) is 3.06. The van der Waals surface area contributed by atoms with Crippen LogP contribution in [0.4, 0.5) is 0 Å². The zero-order valence-corrected chi connectivity index (χ0v) is 57.1. The van der Waals surface area contributed by atoms with Gasteiger partial charge in [0.25, 0.3) is 5.91 Å². The SMILES string of the molecule is CC1(C)Sc2c(c(C(=O)O)c3c(c2[C](c2c4c(c(C(=O)O)c5c2SC(C)(C)S5)SC(C)(C)S4)c2c4c(c(C(=O)NCCSSCCNC(=O)C5CC(C)(C)N([O])C5(C)C)c5c2SC(C)(C)S5)SC(C)(C)S4)SC(C)(C)S3)S1. The molecule has 0 bridgehead atoms. The normalized spacial score (nSPS) is 23.6. The number of benzene rings is 3. The number of fused-ring (bicyclic) bond motifs is 6. The van der Waals surface area contributed by atoms with E-state index in [2.05, 4.69) is 93.7 Å². The van der Waals surface area contributed by atoms with Gasteiger partial charge in [0.15, 0.2) is 0 Å². The first-order chi connectivity index (χ1) is 35.5. The fourth-order valence-corrected chi connectivity index (χ4v) is 30.3. The summed E-state index contributed by atoms with van der Waals surface area (Å²) in [5, 5.41) is 42.9. The Kier molecular flexibility index (Phi) is 16.3. The maximum Gasteiger partial charge on any atom is 0.338 e. The van der Waals surface area contributed by atoms with Crippen molar-refractivity contribution in [3.63, 3.8) is 0 Å². The number of aromatic carboxylic acids is 2. The molecule has 3 aromatic carbocycles. The van der Waals surface area contributed by atoms with Crippen LogP contribution < -0.4 is 10.6 Å². The van der Waals surface area contributed by atoms with Crippen LogP contribution in [0.5, 0.6) is 0 Å². The second kappa shape index (κ2) is 20.8. The molecule has 3 aromatic rings. The summed E-state index contributed by atoms with van der Waals surface area (Å²) in [4.78, 5) is 66.6.